The van der Waals surface area contributed by atoms with Gasteiger partial charge in [0.05, 0.1) is 6.54 Å². The van der Waals surface area contributed by atoms with Gasteiger partial charge in [-0.15, -0.1) is 0 Å². The fraction of sp³-hybridized carbons (Fsp3) is 0.250. The summed E-state index contributed by atoms with van der Waals surface area (Å²) in [6.07, 6.45) is 5.75. The second-order valence-electron chi connectivity index (χ2n) is 3.49. The van der Waals surface area contributed by atoms with Crippen LogP contribution in [0.3, 0.4) is 0 Å². The number of nitrogens with zero attached hydrogens (tertiary/aromatic N) is 3. The van der Waals surface area contributed by atoms with Gasteiger partial charge in [-0.25, -0.2) is 4.98 Å². The summed E-state index contributed by atoms with van der Waals surface area (Å²) in [7, 11) is 0. The molecule has 0 aromatic carbocycles. The maximum atomic E-state index is 11.4. The molecule has 0 amide bonds. The van der Waals surface area contributed by atoms with Gasteiger partial charge in [-0.1, -0.05) is 13.0 Å². The van der Waals surface area contributed by atoms with E-state index in [2.05, 4.69) is 9.97 Å². The SMILES string of the molecule is CCC(=O)Cn1ccnc1-c1ccccn1. The first-order valence-corrected chi connectivity index (χ1v) is 5.25. The first-order chi connectivity index (χ1) is 7.81. The molecule has 16 heavy (non-hydrogen) atoms. The van der Waals surface area contributed by atoms with Gasteiger partial charge in [-0.05, 0) is 12.1 Å². The number of aromatic nitrogens is 3. The Bertz CT molecular complexity index is 476. The molecule has 82 valence electrons. The van der Waals surface area contributed by atoms with E-state index in [1.807, 2.05) is 29.7 Å². The van der Waals surface area contributed by atoms with Gasteiger partial charge in [-0.2, -0.15) is 0 Å². The van der Waals surface area contributed by atoms with Crippen molar-refractivity contribution in [1.82, 2.24) is 14.5 Å². The third kappa shape index (κ3) is 2.16. The van der Waals surface area contributed by atoms with Crippen LogP contribution in [0.2, 0.25) is 0 Å². The summed E-state index contributed by atoms with van der Waals surface area (Å²) in [4.78, 5) is 19.8. The van der Waals surface area contributed by atoms with E-state index in [4.69, 9.17) is 0 Å². The van der Waals surface area contributed by atoms with E-state index < -0.39 is 0 Å². The average molecular weight is 215 g/mol. The van der Waals surface area contributed by atoms with Crippen molar-refractivity contribution in [2.45, 2.75) is 19.9 Å². The zero-order valence-corrected chi connectivity index (χ0v) is 9.13. The van der Waals surface area contributed by atoms with Gasteiger partial charge in [0, 0.05) is 25.0 Å². The molecule has 0 aliphatic rings. The van der Waals surface area contributed by atoms with Gasteiger partial charge in [0.15, 0.2) is 11.6 Å². The molecule has 0 bridgehead atoms. The fourth-order valence-electron chi connectivity index (χ4n) is 1.47. The van der Waals surface area contributed by atoms with Crippen LogP contribution < -0.4 is 0 Å². The number of carbonyl (C=O) groups is 1. The lowest BCUT2D eigenvalue weighted by Crippen LogP contribution is -2.09. The van der Waals surface area contributed by atoms with Gasteiger partial charge in [0.2, 0.25) is 0 Å². The number of imidazole rings is 1. The quantitative estimate of drug-likeness (QED) is 0.782. The van der Waals surface area contributed by atoms with Gasteiger partial charge in [0.25, 0.3) is 0 Å². The molecule has 2 rings (SSSR count). The second kappa shape index (κ2) is 4.70. The Kier molecular flexibility index (Phi) is 3.10. The number of rotatable bonds is 4. The molecule has 0 unspecified atom stereocenters. The molecular formula is C12H13N3O. The standard InChI is InChI=1S/C12H13N3O/c1-2-10(16)9-15-8-7-14-12(15)11-5-3-4-6-13-11/h3-8H,2,9H2,1H3. The van der Waals surface area contributed by atoms with Crippen molar-refractivity contribution < 1.29 is 4.79 Å². The Balaban J connectivity index is 2.29. The molecule has 0 saturated carbocycles. The minimum atomic E-state index is 0.190. The van der Waals surface area contributed by atoms with Crippen molar-refractivity contribution in [3.8, 4) is 11.5 Å². The van der Waals surface area contributed by atoms with Crippen molar-refractivity contribution in [2.24, 2.45) is 0 Å². The molecule has 2 heterocycles. The predicted molar refractivity (Wildman–Crippen MR) is 60.8 cm³/mol. The van der Waals surface area contributed by atoms with Crippen LogP contribution >= 0.6 is 0 Å². The largest absolute Gasteiger partial charge is 0.322 e. The van der Waals surface area contributed by atoms with Crippen LogP contribution in [0.15, 0.2) is 36.8 Å². The van der Waals surface area contributed by atoms with Crippen LogP contribution in [-0.2, 0) is 11.3 Å². The lowest BCUT2D eigenvalue weighted by molar-refractivity contribution is -0.119. The van der Waals surface area contributed by atoms with E-state index in [0.717, 1.165) is 11.5 Å². The molecule has 2 aromatic rings. The van der Waals surface area contributed by atoms with E-state index in [1.165, 1.54) is 0 Å². The lowest BCUT2D eigenvalue weighted by Gasteiger charge is -2.05. The van der Waals surface area contributed by atoms with E-state index in [9.17, 15) is 4.79 Å². The van der Waals surface area contributed by atoms with Crippen LogP contribution in [0.5, 0.6) is 0 Å². The highest BCUT2D eigenvalue weighted by Crippen LogP contribution is 2.13. The summed E-state index contributed by atoms with van der Waals surface area (Å²) in [5, 5.41) is 0. The molecule has 0 N–H and O–H groups in total. The summed E-state index contributed by atoms with van der Waals surface area (Å²) < 4.78 is 1.83. The zero-order chi connectivity index (χ0) is 11.4. The zero-order valence-electron chi connectivity index (χ0n) is 9.13. The molecule has 0 atom stereocenters. The van der Waals surface area contributed by atoms with Crippen LogP contribution in [0.4, 0.5) is 0 Å². The van der Waals surface area contributed by atoms with Crippen LogP contribution in [0.25, 0.3) is 11.5 Å². The van der Waals surface area contributed by atoms with E-state index in [0.29, 0.717) is 13.0 Å². The van der Waals surface area contributed by atoms with Crippen molar-refractivity contribution in [1.29, 1.82) is 0 Å². The number of hydrogen-bond donors (Lipinski definition) is 0. The molecule has 0 aliphatic heterocycles. The highest BCUT2D eigenvalue weighted by atomic mass is 16.1. The molecule has 0 aliphatic carbocycles. The highest BCUT2D eigenvalue weighted by Gasteiger charge is 2.08. The first kappa shape index (κ1) is 10.5. The lowest BCUT2D eigenvalue weighted by atomic mass is 10.3. The van der Waals surface area contributed by atoms with Gasteiger partial charge < -0.3 is 4.57 Å². The smallest absolute Gasteiger partial charge is 0.159 e. The first-order valence-electron chi connectivity index (χ1n) is 5.25. The average Bonchev–Trinajstić information content (AvgIpc) is 2.78. The minimum absolute atomic E-state index is 0.190. The molecule has 0 fully saturated rings. The summed E-state index contributed by atoms with van der Waals surface area (Å²) in [5.74, 6) is 0.928. The van der Waals surface area contributed by atoms with Gasteiger partial charge in [0.1, 0.15) is 5.69 Å². The van der Waals surface area contributed by atoms with Crippen molar-refractivity contribution in [3.63, 3.8) is 0 Å². The van der Waals surface area contributed by atoms with E-state index in [-0.39, 0.29) is 5.78 Å². The summed E-state index contributed by atoms with van der Waals surface area (Å²) in [5.41, 5.74) is 0.788. The Hall–Kier alpha value is -1.97. The van der Waals surface area contributed by atoms with Gasteiger partial charge >= 0.3 is 0 Å². The number of carbonyl (C=O) groups excluding carboxylic acids is 1. The molecule has 0 radical (unpaired) electrons. The third-order valence-electron chi connectivity index (χ3n) is 2.35. The number of pyridine rings is 1. The normalized spacial score (nSPS) is 10.3. The van der Waals surface area contributed by atoms with Gasteiger partial charge in [-0.3, -0.25) is 9.78 Å². The molecule has 4 heteroatoms. The monoisotopic (exact) mass is 215 g/mol. The maximum Gasteiger partial charge on any atom is 0.159 e. The minimum Gasteiger partial charge on any atom is -0.322 e. The second-order valence-corrected chi connectivity index (χ2v) is 3.49. The fourth-order valence-corrected chi connectivity index (χ4v) is 1.47. The van der Waals surface area contributed by atoms with E-state index in [1.54, 1.807) is 18.6 Å². The summed E-state index contributed by atoms with van der Waals surface area (Å²) >= 11 is 0. The van der Waals surface area contributed by atoms with E-state index >= 15 is 0 Å². The van der Waals surface area contributed by atoms with Crippen LogP contribution in [-0.4, -0.2) is 20.3 Å². The predicted octanol–water partition coefficient (Wildman–Crippen LogP) is 1.92. The molecule has 0 saturated heterocycles. The van der Waals surface area contributed by atoms with Crippen LogP contribution in [0, 0.1) is 0 Å². The Morgan fingerprint density at radius 1 is 1.31 bits per heavy atom. The van der Waals surface area contributed by atoms with Crippen molar-refractivity contribution in [2.75, 3.05) is 0 Å². The summed E-state index contributed by atoms with van der Waals surface area (Å²) in [6.45, 7) is 2.22. The Morgan fingerprint density at radius 2 is 2.19 bits per heavy atom. The summed E-state index contributed by atoms with van der Waals surface area (Å²) in [6, 6.07) is 5.65. The van der Waals surface area contributed by atoms with Crippen molar-refractivity contribution >= 4 is 5.78 Å². The Labute approximate surface area is 94.0 Å². The molecular weight excluding hydrogens is 202 g/mol. The highest BCUT2D eigenvalue weighted by molar-refractivity contribution is 5.78. The molecule has 0 spiro atoms. The Morgan fingerprint density at radius 3 is 2.88 bits per heavy atom. The number of Topliss-reactive ketones (excluding diaryl/α,β-unsaturated/α-hetero) is 1. The van der Waals surface area contributed by atoms with Crippen LogP contribution in [0.1, 0.15) is 13.3 Å². The topological polar surface area (TPSA) is 47.8 Å². The molecule has 4 nitrogen and oxygen atoms in total. The van der Waals surface area contributed by atoms with Crippen molar-refractivity contribution in [3.05, 3.63) is 36.8 Å². The number of hydrogen-bond acceptors (Lipinski definition) is 3. The maximum absolute atomic E-state index is 11.4. The number of ketones is 1. The molecule has 2 aromatic heterocycles. The third-order valence-corrected chi connectivity index (χ3v) is 2.35.